The molecule has 3 aromatic heterocycles. The number of benzene rings is 4. The summed E-state index contributed by atoms with van der Waals surface area (Å²) in [6, 6.07) is 34.0. The molecule has 0 aliphatic heterocycles. The Balaban J connectivity index is 0.000000252. The number of rotatable bonds is 9. The number of fused-ring (bicyclic) bond motifs is 6. The molecule has 0 aliphatic rings. The molecule has 0 spiro atoms. The van der Waals surface area contributed by atoms with Crippen LogP contribution < -0.4 is 0 Å². The third-order valence-corrected chi connectivity index (χ3v) is 12.0. The molecule has 0 saturated heterocycles. The molecule has 0 aliphatic carbocycles. The van der Waals surface area contributed by atoms with Crippen molar-refractivity contribution in [3.05, 3.63) is 115 Å². The van der Waals surface area contributed by atoms with E-state index in [9.17, 15) is 9.90 Å². The predicted octanol–water partition coefficient (Wildman–Crippen LogP) is 13.1. The van der Waals surface area contributed by atoms with Gasteiger partial charge >= 0.3 is 0 Å². The number of carbonyl (C=O) groups excluding carboxylic acids is 1. The first-order chi connectivity index (χ1) is 23.4. The number of aliphatic hydroxyl groups is 1. The monoisotopic (exact) mass is 861 g/mol. The molecule has 49 heavy (non-hydrogen) atoms. The molecule has 0 amide bonds. The number of ketones is 1. The Labute approximate surface area is 311 Å². The molecule has 253 valence electrons. The molecule has 1 radical (unpaired) electrons. The number of pyridine rings is 1. The van der Waals surface area contributed by atoms with Crippen LogP contribution in [0.15, 0.2) is 103 Å². The van der Waals surface area contributed by atoms with Crippen molar-refractivity contribution in [3.63, 3.8) is 0 Å². The van der Waals surface area contributed by atoms with Gasteiger partial charge in [-0.25, -0.2) is 0 Å². The van der Waals surface area contributed by atoms with Crippen LogP contribution in [0.4, 0.5) is 0 Å². The van der Waals surface area contributed by atoms with Gasteiger partial charge in [0.05, 0.1) is 5.76 Å². The molecule has 4 aromatic carbocycles. The van der Waals surface area contributed by atoms with Gasteiger partial charge in [-0.3, -0.25) is 9.78 Å². The van der Waals surface area contributed by atoms with E-state index in [1.165, 1.54) is 57.7 Å². The van der Waals surface area contributed by atoms with E-state index in [1.54, 1.807) is 0 Å². The van der Waals surface area contributed by atoms with Crippen LogP contribution in [0.5, 0.6) is 0 Å². The first-order valence-corrected chi connectivity index (χ1v) is 18.7. The SMILES string of the molecule is CCC(CC)C(=O)/C=C(\O)C(CC)CC.Cc1c(-c2ccnc(-c3[c-]c4ccccc4c4c3sc3ccccc34)c2)sc2ccccc12.[Ir]. The molecule has 0 bridgehead atoms. The molecule has 3 heterocycles. The molecule has 0 atom stereocenters. The zero-order valence-electron chi connectivity index (χ0n) is 28.7. The summed E-state index contributed by atoms with van der Waals surface area (Å²) in [4.78, 5) is 17.9. The van der Waals surface area contributed by atoms with Crippen molar-refractivity contribution in [1.82, 2.24) is 4.98 Å². The van der Waals surface area contributed by atoms with E-state index in [2.05, 4.69) is 97.9 Å². The van der Waals surface area contributed by atoms with Crippen LogP contribution in [-0.2, 0) is 24.9 Å². The van der Waals surface area contributed by atoms with Gasteiger partial charge in [0.25, 0.3) is 0 Å². The van der Waals surface area contributed by atoms with Crippen LogP contribution in [0, 0.1) is 24.8 Å². The second-order valence-electron chi connectivity index (χ2n) is 12.3. The minimum absolute atomic E-state index is 0. The maximum atomic E-state index is 11.7. The molecule has 0 unspecified atom stereocenters. The number of thiophene rings is 2. The van der Waals surface area contributed by atoms with Crippen LogP contribution in [-0.4, -0.2) is 15.9 Å². The Hall–Kier alpha value is -3.67. The maximum absolute atomic E-state index is 11.7. The summed E-state index contributed by atoms with van der Waals surface area (Å²) in [6.45, 7) is 10.3. The third-order valence-electron chi connectivity index (χ3n) is 9.48. The van der Waals surface area contributed by atoms with Crippen LogP contribution in [0.3, 0.4) is 0 Å². The number of nitrogens with zero attached hydrogens (tertiary/aromatic N) is 1. The zero-order chi connectivity index (χ0) is 33.8. The van der Waals surface area contributed by atoms with Gasteiger partial charge < -0.3 is 5.11 Å². The number of hydrogen-bond donors (Lipinski definition) is 1. The molecular weight excluding hydrogens is 819 g/mol. The van der Waals surface area contributed by atoms with E-state index in [1.807, 2.05) is 56.6 Å². The van der Waals surface area contributed by atoms with E-state index in [0.717, 1.165) is 42.3 Å². The predicted molar refractivity (Wildman–Crippen MR) is 208 cm³/mol. The molecule has 7 rings (SSSR count). The van der Waals surface area contributed by atoms with Crippen LogP contribution >= 0.6 is 22.7 Å². The number of aryl methyl sites for hydroxylation is 1. The normalized spacial score (nSPS) is 11.8. The number of allylic oxidation sites excluding steroid dienone is 2. The van der Waals surface area contributed by atoms with Gasteiger partial charge in [-0.15, -0.1) is 28.9 Å². The molecular formula is C43H42IrNO2S2-. The minimum Gasteiger partial charge on any atom is -0.512 e. The van der Waals surface area contributed by atoms with Crippen molar-refractivity contribution in [3.8, 4) is 21.7 Å². The summed E-state index contributed by atoms with van der Waals surface area (Å²) < 4.78 is 3.88. The summed E-state index contributed by atoms with van der Waals surface area (Å²) in [7, 11) is 0. The van der Waals surface area contributed by atoms with E-state index in [-0.39, 0.29) is 43.5 Å². The second-order valence-corrected chi connectivity index (χ2v) is 14.4. The van der Waals surface area contributed by atoms with Crippen molar-refractivity contribution in [2.75, 3.05) is 0 Å². The molecule has 1 N–H and O–H groups in total. The van der Waals surface area contributed by atoms with Gasteiger partial charge in [0, 0.05) is 64.2 Å². The summed E-state index contributed by atoms with van der Waals surface area (Å²) in [6.07, 6.45) is 6.85. The van der Waals surface area contributed by atoms with Gasteiger partial charge in [-0.2, -0.15) is 11.3 Å². The van der Waals surface area contributed by atoms with E-state index in [4.69, 9.17) is 4.98 Å². The zero-order valence-corrected chi connectivity index (χ0v) is 32.7. The van der Waals surface area contributed by atoms with Crippen molar-refractivity contribution in [2.45, 2.75) is 60.3 Å². The quantitative estimate of drug-likeness (QED) is 0.0894. The van der Waals surface area contributed by atoms with Gasteiger partial charge in [-0.05, 0) is 77.4 Å². The molecule has 0 saturated carbocycles. The number of aromatic nitrogens is 1. The first kappa shape index (κ1) is 36.6. The van der Waals surface area contributed by atoms with Crippen LogP contribution in [0.2, 0.25) is 0 Å². The maximum Gasteiger partial charge on any atom is 0.162 e. The third kappa shape index (κ3) is 7.44. The number of aliphatic hydroxyl groups excluding tert-OH is 1. The number of carbonyl (C=O) groups is 1. The Morgan fingerprint density at radius 3 is 2.04 bits per heavy atom. The number of hydrogen-bond acceptors (Lipinski definition) is 5. The fourth-order valence-electron chi connectivity index (χ4n) is 6.61. The van der Waals surface area contributed by atoms with Crippen molar-refractivity contribution >= 4 is 69.5 Å². The molecule has 6 heteroatoms. The summed E-state index contributed by atoms with van der Waals surface area (Å²) >= 11 is 3.69. The van der Waals surface area contributed by atoms with E-state index >= 15 is 0 Å². The second kappa shape index (κ2) is 16.4. The molecule has 7 aromatic rings. The van der Waals surface area contributed by atoms with Gasteiger partial charge in [0.15, 0.2) is 5.78 Å². The van der Waals surface area contributed by atoms with E-state index in [0.29, 0.717) is 0 Å². The van der Waals surface area contributed by atoms with Gasteiger partial charge in [-0.1, -0.05) is 105 Å². The molecule has 3 nitrogen and oxygen atoms in total. The molecule has 0 fully saturated rings. The van der Waals surface area contributed by atoms with Gasteiger partial charge in [0.1, 0.15) is 0 Å². The fraction of sp³-hybridized carbons (Fsp3) is 0.256. The smallest absolute Gasteiger partial charge is 0.162 e. The van der Waals surface area contributed by atoms with Gasteiger partial charge in [0.2, 0.25) is 0 Å². The van der Waals surface area contributed by atoms with Crippen molar-refractivity contribution in [2.24, 2.45) is 11.8 Å². The summed E-state index contributed by atoms with van der Waals surface area (Å²) in [5.41, 5.74) is 4.62. The standard InChI is InChI=1S/C30H18NS2.C13H24O2.Ir/c1-18-21-9-4-6-12-26(21)32-29(18)20-14-15-31-25(17-20)24-16-19-8-2-3-10-22(19)28-23-11-5-7-13-27(23)33-30(24)28;1-5-10(6-2)12(14)9-13(15)11(7-3)8-4;/h2-15,17H,1H3;9-11,14H,5-8H2,1-4H3;/q-1;;/b;12-9-;. The average molecular weight is 861 g/mol. The van der Waals surface area contributed by atoms with Crippen molar-refractivity contribution in [1.29, 1.82) is 0 Å². The summed E-state index contributed by atoms with van der Waals surface area (Å²) in [5, 5.41) is 16.1. The average Bonchev–Trinajstić information content (AvgIpc) is 3.68. The van der Waals surface area contributed by atoms with E-state index < -0.39 is 0 Å². The summed E-state index contributed by atoms with van der Waals surface area (Å²) in [5.74, 6) is 0.547. The minimum atomic E-state index is 0. The topological polar surface area (TPSA) is 50.2 Å². The Morgan fingerprint density at radius 2 is 1.39 bits per heavy atom. The van der Waals surface area contributed by atoms with Crippen molar-refractivity contribution < 1.29 is 30.0 Å². The fourth-order valence-corrected chi connectivity index (χ4v) is 9.04. The Morgan fingerprint density at radius 1 is 0.796 bits per heavy atom. The first-order valence-electron chi connectivity index (χ1n) is 17.0. The largest absolute Gasteiger partial charge is 0.512 e. The van der Waals surface area contributed by atoms with Crippen LogP contribution in [0.25, 0.3) is 62.7 Å². The van der Waals surface area contributed by atoms with Crippen LogP contribution in [0.1, 0.15) is 58.9 Å². The Kier molecular flexibility index (Phi) is 12.2. The Bertz CT molecular complexity index is 2260.